The van der Waals surface area contributed by atoms with Crippen LogP contribution in [-0.4, -0.2) is 22.9 Å². The highest BCUT2D eigenvalue weighted by Crippen LogP contribution is 2.38. The molecule has 2 aromatic heterocycles. The fourth-order valence-electron chi connectivity index (χ4n) is 3.34. The molecule has 178 valence electrons. The Morgan fingerprint density at radius 3 is 2.66 bits per heavy atom. The molecule has 0 amide bonds. The molecule has 2 heterocycles. The maximum absolute atomic E-state index is 14.9. The quantitative estimate of drug-likeness (QED) is 0.277. The number of ether oxygens (including phenoxy) is 1. The predicted octanol–water partition coefficient (Wildman–Crippen LogP) is 6.18. The van der Waals surface area contributed by atoms with E-state index >= 15 is 0 Å². The lowest BCUT2D eigenvalue weighted by atomic mass is 10.0. The molecule has 1 N–H and O–H groups in total. The molecule has 13 heteroatoms. The van der Waals surface area contributed by atoms with E-state index in [2.05, 4.69) is 14.5 Å². The van der Waals surface area contributed by atoms with Crippen molar-refractivity contribution in [2.75, 3.05) is 4.72 Å². The second kappa shape index (κ2) is 8.87. The highest BCUT2D eigenvalue weighted by Gasteiger charge is 2.24. The number of nitrogens with zero attached hydrogens (tertiary/aromatic N) is 3. The highest BCUT2D eigenvalue weighted by atomic mass is 35.5. The monoisotopic (exact) mass is 534 g/mol. The molecule has 0 atom stereocenters. The Balaban J connectivity index is 1.52. The summed E-state index contributed by atoms with van der Waals surface area (Å²) in [5, 5.41) is 5.00. The molecule has 0 unspecified atom stereocenters. The van der Waals surface area contributed by atoms with Crippen molar-refractivity contribution in [2.24, 2.45) is 0 Å². The van der Waals surface area contributed by atoms with Crippen molar-refractivity contribution in [3.63, 3.8) is 0 Å². The lowest BCUT2D eigenvalue weighted by Crippen LogP contribution is -2.15. The highest BCUT2D eigenvalue weighted by molar-refractivity contribution is 7.93. The number of hydrogen-bond acceptors (Lipinski definition) is 8. The van der Waals surface area contributed by atoms with Gasteiger partial charge in [0.05, 0.1) is 5.69 Å². The molecule has 0 aliphatic heterocycles. The summed E-state index contributed by atoms with van der Waals surface area (Å²) >= 11 is 6.93. The van der Waals surface area contributed by atoms with E-state index in [1.54, 1.807) is 25.1 Å². The van der Waals surface area contributed by atoms with Gasteiger partial charge in [0.25, 0.3) is 10.0 Å². The van der Waals surface area contributed by atoms with E-state index in [0.29, 0.717) is 39.6 Å². The van der Waals surface area contributed by atoms with Gasteiger partial charge >= 0.3 is 0 Å². The van der Waals surface area contributed by atoms with E-state index in [1.165, 1.54) is 12.1 Å². The average Bonchev–Trinajstić information content (AvgIpc) is 3.46. The molecule has 0 radical (unpaired) electrons. The standard InChI is InChI=1S/C22H13ClF2N4O4S2/c1-11-14-6-12(2-4-19(14)33-28-11)15-7-13(23)3-5-18(15)32-20-8-17(25)21(9-16(20)24)35(30,31)29-22-26-10-27-34-22/h2-10H,1H3,(H,26,27,29). The summed E-state index contributed by atoms with van der Waals surface area (Å²) in [5.41, 5.74) is 2.43. The first-order valence-electron chi connectivity index (χ1n) is 9.83. The maximum Gasteiger partial charge on any atom is 0.266 e. The maximum atomic E-state index is 14.9. The minimum Gasteiger partial charge on any atom is -0.454 e. The van der Waals surface area contributed by atoms with Crippen molar-refractivity contribution in [3.8, 4) is 22.6 Å². The summed E-state index contributed by atoms with van der Waals surface area (Å²) in [7, 11) is -4.45. The van der Waals surface area contributed by atoms with Gasteiger partial charge in [-0.25, -0.2) is 22.2 Å². The largest absolute Gasteiger partial charge is 0.454 e. The van der Waals surface area contributed by atoms with Gasteiger partial charge in [0.15, 0.2) is 17.1 Å². The SMILES string of the molecule is Cc1noc2ccc(-c3cc(Cl)ccc3Oc3cc(F)c(S(=O)(=O)Nc4ncns4)cc3F)cc12. The van der Waals surface area contributed by atoms with Gasteiger partial charge in [0.1, 0.15) is 22.8 Å². The lowest BCUT2D eigenvalue weighted by Gasteiger charge is -2.14. The number of hydrogen-bond donors (Lipinski definition) is 1. The Morgan fingerprint density at radius 1 is 1.06 bits per heavy atom. The van der Waals surface area contributed by atoms with Crippen LogP contribution in [0.2, 0.25) is 5.02 Å². The third kappa shape index (κ3) is 4.55. The van der Waals surface area contributed by atoms with Crippen LogP contribution < -0.4 is 9.46 Å². The van der Waals surface area contributed by atoms with Gasteiger partial charge in [-0.15, -0.1) is 0 Å². The number of anilines is 1. The van der Waals surface area contributed by atoms with Crippen LogP contribution in [0.1, 0.15) is 5.69 Å². The van der Waals surface area contributed by atoms with Gasteiger partial charge in [-0.2, -0.15) is 4.37 Å². The van der Waals surface area contributed by atoms with Crippen molar-refractivity contribution in [1.29, 1.82) is 0 Å². The number of aromatic nitrogens is 3. The minimum atomic E-state index is -4.45. The second-order valence-electron chi connectivity index (χ2n) is 7.29. The number of aryl methyl sites for hydroxylation is 1. The van der Waals surface area contributed by atoms with E-state index < -0.39 is 32.3 Å². The van der Waals surface area contributed by atoms with Crippen LogP contribution in [0, 0.1) is 18.6 Å². The molecule has 0 bridgehead atoms. The third-order valence-corrected chi connectivity index (χ3v) is 7.28. The van der Waals surface area contributed by atoms with Crippen molar-refractivity contribution in [3.05, 3.63) is 77.2 Å². The molecule has 5 rings (SSSR count). The molecule has 0 spiro atoms. The van der Waals surface area contributed by atoms with Gasteiger partial charge in [-0.05, 0) is 42.8 Å². The summed E-state index contributed by atoms with van der Waals surface area (Å²) in [4.78, 5) is 2.77. The van der Waals surface area contributed by atoms with Crippen molar-refractivity contribution in [2.45, 2.75) is 11.8 Å². The molecule has 5 aromatic rings. The van der Waals surface area contributed by atoms with Crippen LogP contribution in [0.5, 0.6) is 11.5 Å². The zero-order valence-corrected chi connectivity index (χ0v) is 20.0. The number of nitrogens with one attached hydrogen (secondary N) is 1. The van der Waals surface area contributed by atoms with Gasteiger partial charge < -0.3 is 9.26 Å². The molecule has 0 aliphatic carbocycles. The first-order chi connectivity index (χ1) is 16.7. The van der Waals surface area contributed by atoms with Gasteiger partial charge in [0, 0.05) is 39.6 Å². The molecule has 0 fully saturated rings. The van der Waals surface area contributed by atoms with E-state index in [-0.39, 0.29) is 10.9 Å². The molecule has 0 aliphatic rings. The normalized spacial score (nSPS) is 11.7. The third-order valence-electron chi connectivity index (χ3n) is 4.98. The van der Waals surface area contributed by atoms with Crippen LogP contribution >= 0.6 is 23.1 Å². The summed E-state index contributed by atoms with van der Waals surface area (Å²) < 4.78 is 71.3. The zero-order chi connectivity index (χ0) is 24.7. The Kier molecular flexibility index (Phi) is 5.87. The fraction of sp³-hybridized carbons (Fsp3) is 0.0455. The molecule has 3 aromatic carbocycles. The fourth-order valence-corrected chi connectivity index (χ4v) is 5.25. The van der Waals surface area contributed by atoms with Crippen LogP contribution in [0.3, 0.4) is 0 Å². The van der Waals surface area contributed by atoms with Crippen LogP contribution in [0.15, 0.2) is 64.3 Å². The Morgan fingerprint density at radius 2 is 1.89 bits per heavy atom. The molecule has 8 nitrogen and oxygen atoms in total. The molecular formula is C22H13ClF2N4O4S2. The first kappa shape index (κ1) is 23.1. The van der Waals surface area contributed by atoms with Crippen LogP contribution in [0.4, 0.5) is 13.9 Å². The minimum absolute atomic E-state index is 0.0871. The number of sulfonamides is 1. The Labute approximate surface area is 206 Å². The number of rotatable bonds is 6. The summed E-state index contributed by atoms with van der Waals surface area (Å²) in [5.74, 6) is -2.64. The Bertz CT molecular complexity index is 1670. The van der Waals surface area contributed by atoms with Crippen molar-refractivity contribution in [1.82, 2.24) is 14.5 Å². The lowest BCUT2D eigenvalue weighted by molar-refractivity contribution is 0.433. The average molecular weight is 535 g/mol. The Hall–Kier alpha value is -3.61. The van der Waals surface area contributed by atoms with E-state index in [1.807, 2.05) is 10.8 Å². The van der Waals surface area contributed by atoms with Gasteiger partial charge in [0.2, 0.25) is 5.13 Å². The number of fused-ring (bicyclic) bond motifs is 1. The van der Waals surface area contributed by atoms with Crippen molar-refractivity contribution < 1.29 is 26.5 Å². The number of halogens is 3. The smallest absolute Gasteiger partial charge is 0.266 e. The van der Waals surface area contributed by atoms with Crippen LogP contribution in [-0.2, 0) is 10.0 Å². The first-order valence-corrected chi connectivity index (χ1v) is 12.5. The van der Waals surface area contributed by atoms with Crippen molar-refractivity contribution >= 4 is 49.3 Å². The van der Waals surface area contributed by atoms with Crippen LogP contribution in [0.25, 0.3) is 22.1 Å². The zero-order valence-electron chi connectivity index (χ0n) is 17.6. The van der Waals surface area contributed by atoms with Gasteiger partial charge in [-0.3, -0.25) is 4.72 Å². The summed E-state index contributed by atoms with van der Waals surface area (Å²) in [6, 6.07) is 11.1. The molecular weight excluding hydrogens is 522 g/mol. The second-order valence-corrected chi connectivity index (χ2v) is 10.2. The molecule has 0 saturated heterocycles. The van der Waals surface area contributed by atoms with E-state index in [0.717, 1.165) is 23.2 Å². The molecule has 0 saturated carbocycles. The molecule has 35 heavy (non-hydrogen) atoms. The van der Waals surface area contributed by atoms with Gasteiger partial charge in [-0.1, -0.05) is 22.8 Å². The summed E-state index contributed by atoms with van der Waals surface area (Å²) in [6.07, 6.45) is 1.13. The topological polar surface area (TPSA) is 107 Å². The summed E-state index contributed by atoms with van der Waals surface area (Å²) in [6.45, 7) is 1.79. The number of benzene rings is 3. The predicted molar refractivity (Wildman–Crippen MR) is 126 cm³/mol. The van der Waals surface area contributed by atoms with E-state index in [9.17, 15) is 17.2 Å². The van der Waals surface area contributed by atoms with E-state index in [4.69, 9.17) is 20.9 Å².